The van der Waals surface area contributed by atoms with E-state index in [4.69, 9.17) is 4.42 Å². The summed E-state index contributed by atoms with van der Waals surface area (Å²) in [7, 11) is 0. The molecule has 0 atom stereocenters. The van der Waals surface area contributed by atoms with Gasteiger partial charge in [-0.25, -0.2) is 4.98 Å². The van der Waals surface area contributed by atoms with Gasteiger partial charge in [-0.1, -0.05) is 17.8 Å². The first kappa shape index (κ1) is 11.1. The van der Waals surface area contributed by atoms with Gasteiger partial charge in [-0.05, 0) is 50.6 Å². The van der Waals surface area contributed by atoms with Crippen molar-refractivity contribution in [1.29, 1.82) is 0 Å². The van der Waals surface area contributed by atoms with E-state index < -0.39 is 0 Å². The lowest BCUT2D eigenvalue weighted by Gasteiger charge is -2.20. The molecule has 2 heterocycles. The van der Waals surface area contributed by atoms with E-state index in [9.17, 15) is 0 Å². The molecule has 1 aromatic heterocycles. The number of rotatable bonds is 2. The SMILES string of the molecule is Cc1ccc2nc(SC3CCNCC3)oc2c1. The second kappa shape index (κ2) is 4.70. The molecule has 3 nitrogen and oxygen atoms in total. The molecule has 0 spiro atoms. The number of hydrogen-bond acceptors (Lipinski definition) is 4. The maximum Gasteiger partial charge on any atom is 0.257 e. The lowest BCUT2D eigenvalue weighted by Crippen LogP contribution is -2.29. The number of piperidine rings is 1. The van der Waals surface area contributed by atoms with Gasteiger partial charge in [0.15, 0.2) is 5.58 Å². The minimum Gasteiger partial charge on any atom is -0.431 e. The Morgan fingerprint density at radius 1 is 1.35 bits per heavy atom. The summed E-state index contributed by atoms with van der Waals surface area (Å²) >= 11 is 1.78. The summed E-state index contributed by atoms with van der Waals surface area (Å²) < 4.78 is 5.78. The topological polar surface area (TPSA) is 38.1 Å². The molecule has 2 aromatic rings. The van der Waals surface area contributed by atoms with Gasteiger partial charge in [-0.2, -0.15) is 0 Å². The molecule has 3 rings (SSSR count). The predicted molar refractivity (Wildman–Crippen MR) is 70.5 cm³/mol. The average Bonchev–Trinajstić information content (AvgIpc) is 2.71. The first-order valence-electron chi connectivity index (χ1n) is 6.06. The zero-order valence-corrected chi connectivity index (χ0v) is 10.7. The second-order valence-corrected chi connectivity index (χ2v) is 5.77. The van der Waals surface area contributed by atoms with Gasteiger partial charge in [0.1, 0.15) is 5.52 Å². The van der Waals surface area contributed by atoms with Crippen LogP contribution in [-0.4, -0.2) is 23.3 Å². The number of aromatic nitrogens is 1. The Bertz CT molecular complexity index is 517. The molecule has 0 saturated carbocycles. The molecule has 1 aromatic carbocycles. The van der Waals surface area contributed by atoms with Crippen LogP contribution in [0.3, 0.4) is 0 Å². The van der Waals surface area contributed by atoms with Gasteiger partial charge in [0.2, 0.25) is 0 Å². The fraction of sp³-hybridized carbons (Fsp3) is 0.462. The van der Waals surface area contributed by atoms with Crippen LogP contribution in [0.5, 0.6) is 0 Å². The molecule has 1 fully saturated rings. The number of fused-ring (bicyclic) bond motifs is 1. The highest BCUT2D eigenvalue weighted by Gasteiger charge is 2.17. The van der Waals surface area contributed by atoms with Gasteiger partial charge < -0.3 is 9.73 Å². The standard InChI is InChI=1S/C13H16N2OS/c1-9-2-3-11-12(8-9)16-13(15-11)17-10-4-6-14-7-5-10/h2-3,8,10,14H,4-7H2,1H3. The normalized spacial score (nSPS) is 17.7. The fourth-order valence-corrected chi connectivity index (χ4v) is 3.16. The summed E-state index contributed by atoms with van der Waals surface area (Å²) in [5.74, 6) is 0. The van der Waals surface area contributed by atoms with E-state index in [0.717, 1.165) is 29.4 Å². The smallest absolute Gasteiger partial charge is 0.257 e. The monoisotopic (exact) mass is 248 g/mol. The van der Waals surface area contributed by atoms with Crippen LogP contribution in [0.15, 0.2) is 27.8 Å². The van der Waals surface area contributed by atoms with Gasteiger partial charge in [0.25, 0.3) is 5.22 Å². The average molecular weight is 248 g/mol. The Balaban J connectivity index is 1.80. The maximum absolute atomic E-state index is 5.78. The number of aryl methyl sites for hydroxylation is 1. The van der Waals surface area contributed by atoms with Crippen molar-refractivity contribution >= 4 is 22.9 Å². The Hall–Kier alpha value is -1.00. The predicted octanol–water partition coefficient (Wildman–Crippen LogP) is 2.98. The van der Waals surface area contributed by atoms with Crippen LogP contribution in [0.4, 0.5) is 0 Å². The highest BCUT2D eigenvalue weighted by atomic mass is 32.2. The van der Waals surface area contributed by atoms with Crippen LogP contribution in [0.2, 0.25) is 0 Å². The van der Waals surface area contributed by atoms with Crippen molar-refractivity contribution in [2.45, 2.75) is 30.2 Å². The molecule has 0 aliphatic carbocycles. The Morgan fingerprint density at radius 3 is 3.00 bits per heavy atom. The fourth-order valence-electron chi connectivity index (χ4n) is 2.12. The number of benzene rings is 1. The second-order valence-electron chi connectivity index (χ2n) is 4.52. The van der Waals surface area contributed by atoms with Gasteiger partial charge in [-0.15, -0.1) is 0 Å². The van der Waals surface area contributed by atoms with Crippen LogP contribution >= 0.6 is 11.8 Å². The number of oxazole rings is 1. The van der Waals surface area contributed by atoms with Crippen molar-refractivity contribution in [3.05, 3.63) is 23.8 Å². The third kappa shape index (κ3) is 2.48. The van der Waals surface area contributed by atoms with E-state index >= 15 is 0 Å². The van der Waals surface area contributed by atoms with Crippen LogP contribution in [0.25, 0.3) is 11.1 Å². The van der Waals surface area contributed by atoms with Crippen molar-refractivity contribution in [2.75, 3.05) is 13.1 Å². The molecule has 1 saturated heterocycles. The van der Waals surface area contributed by atoms with Crippen LogP contribution in [0.1, 0.15) is 18.4 Å². The van der Waals surface area contributed by atoms with Gasteiger partial charge >= 0.3 is 0 Å². The molecule has 17 heavy (non-hydrogen) atoms. The molecule has 0 radical (unpaired) electrons. The molecule has 0 unspecified atom stereocenters. The summed E-state index contributed by atoms with van der Waals surface area (Å²) in [6.07, 6.45) is 2.39. The highest BCUT2D eigenvalue weighted by molar-refractivity contribution is 7.99. The first-order chi connectivity index (χ1) is 8.31. The molecule has 1 aliphatic rings. The Kier molecular flexibility index (Phi) is 3.07. The maximum atomic E-state index is 5.78. The summed E-state index contributed by atoms with van der Waals surface area (Å²) in [6, 6.07) is 6.15. The van der Waals surface area contributed by atoms with E-state index in [1.807, 2.05) is 6.07 Å². The van der Waals surface area contributed by atoms with Gasteiger partial charge in [0.05, 0.1) is 0 Å². The van der Waals surface area contributed by atoms with Crippen molar-refractivity contribution in [2.24, 2.45) is 0 Å². The molecular weight excluding hydrogens is 232 g/mol. The minimum absolute atomic E-state index is 0.644. The summed E-state index contributed by atoms with van der Waals surface area (Å²) in [5.41, 5.74) is 3.08. The molecule has 1 aliphatic heterocycles. The zero-order valence-electron chi connectivity index (χ0n) is 9.90. The quantitative estimate of drug-likeness (QED) is 0.886. The van der Waals surface area contributed by atoms with Crippen LogP contribution < -0.4 is 5.32 Å². The number of nitrogens with zero attached hydrogens (tertiary/aromatic N) is 1. The molecular formula is C13H16N2OS. The lowest BCUT2D eigenvalue weighted by atomic mass is 10.2. The van der Waals surface area contributed by atoms with Crippen LogP contribution in [0, 0.1) is 6.92 Å². The molecule has 90 valence electrons. The van der Waals surface area contributed by atoms with Crippen molar-refractivity contribution in [1.82, 2.24) is 10.3 Å². The summed E-state index contributed by atoms with van der Waals surface area (Å²) in [4.78, 5) is 4.52. The lowest BCUT2D eigenvalue weighted by molar-refractivity contribution is 0.480. The third-order valence-electron chi connectivity index (χ3n) is 3.08. The number of hydrogen-bond donors (Lipinski definition) is 1. The van der Waals surface area contributed by atoms with E-state index in [1.54, 1.807) is 11.8 Å². The first-order valence-corrected chi connectivity index (χ1v) is 6.94. The summed E-state index contributed by atoms with van der Waals surface area (Å²) in [6.45, 7) is 4.29. The van der Waals surface area contributed by atoms with E-state index in [1.165, 1.54) is 18.4 Å². The van der Waals surface area contributed by atoms with E-state index in [0.29, 0.717) is 5.25 Å². The number of nitrogens with one attached hydrogen (secondary N) is 1. The van der Waals surface area contributed by atoms with Crippen LogP contribution in [-0.2, 0) is 0 Å². The minimum atomic E-state index is 0.644. The molecule has 0 bridgehead atoms. The molecule has 0 amide bonds. The molecule has 1 N–H and O–H groups in total. The van der Waals surface area contributed by atoms with Gasteiger partial charge in [0, 0.05) is 5.25 Å². The van der Waals surface area contributed by atoms with Gasteiger partial charge in [-0.3, -0.25) is 0 Å². The largest absolute Gasteiger partial charge is 0.431 e. The Labute approximate surface area is 105 Å². The summed E-state index contributed by atoms with van der Waals surface area (Å²) in [5, 5.41) is 4.83. The zero-order chi connectivity index (χ0) is 11.7. The van der Waals surface area contributed by atoms with Crippen molar-refractivity contribution in [3.8, 4) is 0 Å². The Morgan fingerprint density at radius 2 is 2.18 bits per heavy atom. The highest BCUT2D eigenvalue weighted by Crippen LogP contribution is 2.30. The van der Waals surface area contributed by atoms with E-state index in [2.05, 4.69) is 29.4 Å². The molecule has 4 heteroatoms. The van der Waals surface area contributed by atoms with Crippen molar-refractivity contribution < 1.29 is 4.42 Å². The third-order valence-corrected chi connectivity index (χ3v) is 4.26. The number of thioether (sulfide) groups is 1. The van der Waals surface area contributed by atoms with Crippen molar-refractivity contribution in [3.63, 3.8) is 0 Å². The van der Waals surface area contributed by atoms with E-state index in [-0.39, 0.29) is 0 Å².